The van der Waals surface area contributed by atoms with Crippen LogP contribution >= 0.6 is 0 Å². The van der Waals surface area contributed by atoms with E-state index in [4.69, 9.17) is 14.6 Å². The van der Waals surface area contributed by atoms with Crippen molar-refractivity contribution < 1.29 is 24.2 Å². The van der Waals surface area contributed by atoms with Crippen molar-refractivity contribution in [2.24, 2.45) is 0 Å². The van der Waals surface area contributed by atoms with E-state index in [1.807, 2.05) is 12.1 Å². The molecular weight excluding hydrogens is 298 g/mol. The lowest BCUT2D eigenvalue weighted by Crippen LogP contribution is -2.23. The molecule has 2 aromatic carbocycles. The zero-order valence-corrected chi connectivity index (χ0v) is 12.2. The van der Waals surface area contributed by atoms with Gasteiger partial charge in [-0.15, -0.1) is 0 Å². The number of carboxylic acid groups (broad SMARTS) is 1. The molecule has 1 amide bonds. The Morgan fingerprint density at radius 2 is 2.04 bits per heavy atom. The summed E-state index contributed by atoms with van der Waals surface area (Å²) in [5, 5.41) is 11.6. The molecule has 0 unspecified atom stereocenters. The number of ether oxygens (including phenoxy) is 2. The van der Waals surface area contributed by atoms with Gasteiger partial charge in [0.05, 0.1) is 18.4 Å². The summed E-state index contributed by atoms with van der Waals surface area (Å²) in [6.45, 7) is 0. The molecule has 0 atom stereocenters. The van der Waals surface area contributed by atoms with Crippen LogP contribution in [-0.2, 0) is 4.79 Å². The SMILES string of the molecule is COc1ccccc1C=C1Oc2ccc(C(=O)O)cc2NC1=O. The summed E-state index contributed by atoms with van der Waals surface area (Å²) in [5.74, 6) is -0.424. The van der Waals surface area contributed by atoms with E-state index in [2.05, 4.69) is 5.32 Å². The minimum absolute atomic E-state index is 0.0739. The van der Waals surface area contributed by atoms with Gasteiger partial charge in [-0.2, -0.15) is 0 Å². The topological polar surface area (TPSA) is 84.9 Å². The highest BCUT2D eigenvalue weighted by atomic mass is 16.5. The summed E-state index contributed by atoms with van der Waals surface area (Å²) >= 11 is 0. The highest BCUT2D eigenvalue weighted by molar-refractivity contribution is 6.08. The van der Waals surface area contributed by atoms with Gasteiger partial charge < -0.3 is 19.9 Å². The van der Waals surface area contributed by atoms with Crippen molar-refractivity contribution in [2.45, 2.75) is 0 Å². The number of anilines is 1. The fourth-order valence-electron chi connectivity index (χ4n) is 2.22. The summed E-state index contributed by atoms with van der Waals surface area (Å²) in [4.78, 5) is 23.1. The van der Waals surface area contributed by atoms with Gasteiger partial charge in [0, 0.05) is 5.56 Å². The van der Waals surface area contributed by atoms with Crippen LogP contribution in [0.1, 0.15) is 15.9 Å². The largest absolute Gasteiger partial charge is 0.496 e. The number of hydrogen-bond donors (Lipinski definition) is 2. The van der Waals surface area contributed by atoms with Crippen LogP contribution in [0, 0.1) is 0 Å². The third-order valence-corrected chi connectivity index (χ3v) is 3.34. The molecule has 2 N–H and O–H groups in total. The van der Waals surface area contributed by atoms with Gasteiger partial charge in [0.2, 0.25) is 0 Å². The van der Waals surface area contributed by atoms with Crippen molar-refractivity contribution in [1.29, 1.82) is 0 Å². The van der Waals surface area contributed by atoms with Gasteiger partial charge in [-0.1, -0.05) is 18.2 Å². The van der Waals surface area contributed by atoms with Crippen LogP contribution < -0.4 is 14.8 Å². The first-order chi connectivity index (χ1) is 11.1. The van der Waals surface area contributed by atoms with Crippen molar-refractivity contribution in [3.05, 3.63) is 59.4 Å². The van der Waals surface area contributed by atoms with E-state index in [1.165, 1.54) is 18.2 Å². The second kappa shape index (κ2) is 5.84. The summed E-state index contributed by atoms with van der Waals surface area (Å²) in [6.07, 6.45) is 1.57. The fourth-order valence-corrected chi connectivity index (χ4v) is 2.22. The number of methoxy groups -OCH3 is 1. The molecule has 2 aromatic rings. The molecule has 0 aliphatic carbocycles. The zero-order valence-electron chi connectivity index (χ0n) is 12.2. The van der Waals surface area contributed by atoms with Gasteiger partial charge >= 0.3 is 5.97 Å². The zero-order chi connectivity index (χ0) is 16.4. The Balaban J connectivity index is 1.96. The van der Waals surface area contributed by atoms with E-state index in [9.17, 15) is 9.59 Å². The number of nitrogens with one attached hydrogen (secondary N) is 1. The highest BCUT2D eigenvalue weighted by Crippen LogP contribution is 2.33. The number of para-hydroxylation sites is 1. The van der Waals surface area contributed by atoms with Crippen LogP contribution in [0.25, 0.3) is 6.08 Å². The van der Waals surface area contributed by atoms with Crippen LogP contribution in [0.4, 0.5) is 5.69 Å². The predicted octanol–water partition coefficient (Wildman–Crippen LogP) is 2.77. The molecule has 23 heavy (non-hydrogen) atoms. The molecule has 6 heteroatoms. The van der Waals surface area contributed by atoms with Gasteiger partial charge in [-0.25, -0.2) is 4.79 Å². The maximum absolute atomic E-state index is 12.1. The van der Waals surface area contributed by atoms with E-state index in [0.29, 0.717) is 22.7 Å². The van der Waals surface area contributed by atoms with Gasteiger partial charge in [0.15, 0.2) is 11.5 Å². The first kappa shape index (κ1) is 14.6. The third kappa shape index (κ3) is 2.87. The van der Waals surface area contributed by atoms with Gasteiger partial charge in [-0.3, -0.25) is 4.79 Å². The van der Waals surface area contributed by atoms with Crippen LogP contribution in [0.15, 0.2) is 48.2 Å². The molecule has 0 bridgehead atoms. The summed E-state index contributed by atoms with van der Waals surface area (Å²) in [7, 11) is 1.54. The Bertz CT molecular complexity index is 825. The standard InChI is InChI=1S/C17H13NO5/c1-22-13-5-3-2-4-10(13)9-15-16(19)18-12-8-11(17(20)21)6-7-14(12)23-15/h2-9H,1H3,(H,18,19)(H,20,21). The third-order valence-electron chi connectivity index (χ3n) is 3.34. The molecule has 116 valence electrons. The van der Waals surface area contributed by atoms with Crippen molar-refractivity contribution in [3.8, 4) is 11.5 Å². The smallest absolute Gasteiger partial charge is 0.335 e. The molecule has 3 rings (SSSR count). The lowest BCUT2D eigenvalue weighted by molar-refractivity contribution is -0.115. The number of carboxylic acids is 1. The number of benzene rings is 2. The number of amides is 1. The molecule has 0 radical (unpaired) electrons. The molecule has 0 aromatic heterocycles. The van der Waals surface area contributed by atoms with E-state index >= 15 is 0 Å². The van der Waals surface area contributed by atoms with Crippen molar-refractivity contribution in [1.82, 2.24) is 0 Å². The van der Waals surface area contributed by atoms with Gasteiger partial charge in [0.25, 0.3) is 5.91 Å². The van der Waals surface area contributed by atoms with Crippen molar-refractivity contribution in [2.75, 3.05) is 12.4 Å². The van der Waals surface area contributed by atoms with Crippen LogP contribution in [-0.4, -0.2) is 24.1 Å². The quantitative estimate of drug-likeness (QED) is 0.851. The average Bonchev–Trinajstić information content (AvgIpc) is 2.55. The van der Waals surface area contributed by atoms with Crippen molar-refractivity contribution in [3.63, 3.8) is 0 Å². The molecule has 1 aliphatic heterocycles. The normalized spacial score (nSPS) is 14.7. The Labute approximate surface area is 132 Å². The summed E-state index contributed by atoms with van der Waals surface area (Å²) in [5.41, 5.74) is 1.10. The lowest BCUT2D eigenvalue weighted by atomic mass is 10.1. The Morgan fingerprint density at radius 1 is 1.26 bits per heavy atom. The molecule has 0 fully saturated rings. The number of carbonyl (C=O) groups excluding carboxylic acids is 1. The minimum atomic E-state index is -1.07. The van der Waals surface area contributed by atoms with Gasteiger partial charge in [0.1, 0.15) is 5.75 Å². The molecule has 0 spiro atoms. The van der Waals surface area contributed by atoms with Crippen molar-refractivity contribution >= 4 is 23.6 Å². The van der Waals surface area contributed by atoms with E-state index in [0.717, 1.165) is 0 Å². The molecule has 1 aliphatic rings. The first-order valence-electron chi connectivity index (χ1n) is 6.80. The first-order valence-corrected chi connectivity index (χ1v) is 6.80. The number of rotatable bonds is 3. The number of aromatic carboxylic acids is 1. The van der Waals surface area contributed by atoms with E-state index < -0.39 is 11.9 Å². The van der Waals surface area contributed by atoms with Crippen LogP contribution in [0.3, 0.4) is 0 Å². The second-order valence-corrected chi connectivity index (χ2v) is 4.82. The lowest BCUT2D eigenvalue weighted by Gasteiger charge is -2.20. The van der Waals surface area contributed by atoms with E-state index in [-0.39, 0.29) is 11.3 Å². The molecule has 6 nitrogen and oxygen atoms in total. The number of hydrogen-bond acceptors (Lipinski definition) is 4. The second-order valence-electron chi connectivity index (χ2n) is 4.82. The highest BCUT2D eigenvalue weighted by Gasteiger charge is 2.23. The average molecular weight is 311 g/mol. The molecule has 1 heterocycles. The maximum atomic E-state index is 12.1. The number of carbonyl (C=O) groups is 2. The Kier molecular flexibility index (Phi) is 3.72. The molecular formula is C17H13NO5. The maximum Gasteiger partial charge on any atom is 0.335 e. The summed E-state index contributed by atoms with van der Waals surface area (Å²) < 4.78 is 10.8. The Morgan fingerprint density at radius 3 is 2.78 bits per heavy atom. The van der Waals surface area contributed by atoms with Crippen LogP contribution in [0.2, 0.25) is 0 Å². The van der Waals surface area contributed by atoms with Gasteiger partial charge in [-0.05, 0) is 30.3 Å². The Hall–Kier alpha value is -3.28. The van der Waals surface area contributed by atoms with Crippen LogP contribution in [0.5, 0.6) is 11.5 Å². The molecule has 0 saturated carbocycles. The minimum Gasteiger partial charge on any atom is -0.496 e. The molecule has 0 saturated heterocycles. The fraction of sp³-hybridized carbons (Fsp3) is 0.0588. The van der Waals surface area contributed by atoms with E-state index in [1.54, 1.807) is 25.3 Å². The predicted molar refractivity (Wildman–Crippen MR) is 83.6 cm³/mol. The number of fused-ring (bicyclic) bond motifs is 1. The monoisotopic (exact) mass is 311 g/mol. The summed E-state index contributed by atoms with van der Waals surface area (Å²) in [6, 6.07) is 11.5.